The maximum atomic E-state index is 13.6. The Kier molecular flexibility index (Phi) is 7.99. The van der Waals surface area contributed by atoms with Crippen molar-refractivity contribution < 1.29 is 26.4 Å². The zero-order chi connectivity index (χ0) is 26.6. The molecule has 14 heteroatoms. The first-order valence-corrected chi connectivity index (χ1v) is 14.0. The fourth-order valence-electron chi connectivity index (χ4n) is 3.72. The first-order chi connectivity index (χ1) is 17.5. The number of carbonyl (C=O) groups is 1. The van der Waals surface area contributed by atoms with E-state index < -0.39 is 33.3 Å². The normalized spacial score (nSPS) is 15.8. The van der Waals surface area contributed by atoms with Gasteiger partial charge < -0.3 is 20.9 Å². The quantitative estimate of drug-likeness (QED) is 0.386. The zero-order valence-corrected chi connectivity index (χ0v) is 21.4. The smallest absolute Gasteiger partial charge is 0.355 e. The van der Waals surface area contributed by atoms with Crippen LogP contribution < -0.4 is 16.0 Å². The number of hydrogen-bond donors (Lipinski definition) is 3. The highest BCUT2D eigenvalue weighted by Gasteiger charge is 2.35. The van der Waals surface area contributed by atoms with Gasteiger partial charge in [-0.2, -0.15) is 18.2 Å². The lowest BCUT2D eigenvalue weighted by Gasteiger charge is -2.26. The number of aromatic nitrogens is 2. The summed E-state index contributed by atoms with van der Waals surface area (Å²) < 4.78 is 63.9. The number of benzene rings is 1. The van der Waals surface area contributed by atoms with E-state index in [1.807, 2.05) is 12.1 Å². The molecule has 9 nitrogen and oxygen atoms in total. The summed E-state index contributed by atoms with van der Waals surface area (Å²) in [5.74, 6) is -0.595. The van der Waals surface area contributed by atoms with Gasteiger partial charge in [0.25, 0.3) is 5.91 Å². The number of halogens is 3. The van der Waals surface area contributed by atoms with Crippen LogP contribution in [0.3, 0.4) is 0 Å². The van der Waals surface area contributed by atoms with Gasteiger partial charge in [0, 0.05) is 38.6 Å². The molecule has 0 radical (unpaired) electrons. The highest BCUT2D eigenvalue weighted by atomic mass is 32.2. The van der Waals surface area contributed by atoms with Gasteiger partial charge in [-0.15, -0.1) is 11.3 Å². The monoisotopic (exact) mass is 554 g/mol. The number of rotatable bonds is 8. The number of nitrogens with zero attached hydrogens (tertiary/aromatic N) is 3. The Balaban J connectivity index is 1.45. The van der Waals surface area contributed by atoms with Gasteiger partial charge in [0.05, 0.1) is 17.1 Å². The van der Waals surface area contributed by atoms with Crippen molar-refractivity contribution in [3.05, 3.63) is 58.6 Å². The van der Waals surface area contributed by atoms with Crippen molar-refractivity contribution in [1.82, 2.24) is 20.2 Å². The van der Waals surface area contributed by atoms with Crippen molar-refractivity contribution in [3.8, 4) is 0 Å². The summed E-state index contributed by atoms with van der Waals surface area (Å²) in [4.78, 5) is 22.0. The van der Waals surface area contributed by atoms with Crippen LogP contribution in [0.5, 0.6) is 0 Å². The van der Waals surface area contributed by atoms with Crippen LogP contribution in [-0.2, 0) is 22.4 Å². The molecule has 0 bridgehead atoms. The molecule has 1 aliphatic rings. The van der Waals surface area contributed by atoms with Crippen molar-refractivity contribution in [2.45, 2.75) is 12.6 Å². The molecule has 1 fully saturated rings. The first-order valence-electron chi connectivity index (χ1n) is 11.3. The molecule has 1 amide bonds. The van der Waals surface area contributed by atoms with E-state index in [4.69, 9.17) is 0 Å². The molecule has 0 unspecified atom stereocenters. The standard InChI is InChI=1S/C23H25F3N6O3S2/c1-27-20(33)17-7-11-36-21(17)30-19-18(23(24,25)26)14-28-22(31-19)29-16-4-2-15(3-5-16)6-8-32-9-12-37(34,35)13-10-32/h2-5,7,11,14H,6,8-10,12-13H2,1H3,(H,27,33)(H2,28,29,30,31). The maximum Gasteiger partial charge on any atom is 0.421 e. The number of amides is 1. The number of hydrogen-bond acceptors (Lipinski definition) is 9. The van der Waals surface area contributed by atoms with Gasteiger partial charge in [0.15, 0.2) is 9.84 Å². The van der Waals surface area contributed by atoms with Crippen molar-refractivity contribution in [1.29, 1.82) is 0 Å². The zero-order valence-electron chi connectivity index (χ0n) is 19.8. The Bertz CT molecular complexity index is 1350. The third kappa shape index (κ3) is 6.96. The average molecular weight is 555 g/mol. The molecule has 3 N–H and O–H groups in total. The number of nitrogens with one attached hydrogen (secondary N) is 3. The highest BCUT2D eigenvalue weighted by Crippen LogP contribution is 2.37. The van der Waals surface area contributed by atoms with Gasteiger partial charge in [-0.1, -0.05) is 12.1 Å². The molecule has 198 valence electrons. The van der Waals surface area contributed by atoms with E-state index in [1.165, 1.54) is 13.1 Å². The summed E-state index contributed by atoms with van der Waals surface area (Å²) in [5.41, 5.74) is 0.764. The second-order valence-corrected chi connectivity index (χ2v) is 11.6. The third-order valence-electron chi connectivity index (χ3n) is 5.83. The van der Waals surface area contributed by atoms with Crippen molar-refractivity contribution >= 4 is 49.5 Å². The van der Waals surface area contributed by atoms with E-state index in [2.05, 4.69) is 30.8 Å². The van der Waals surface area contributed by atoms with Crippen molar-refractivity contribution in [2.24, 2.45) is 0 Å². The number of thiophene rings is 1. The molecule has 0 atom stereocenters. The van der Waals surface area contributed by atoms with E-state index in [0.717, 1.165) is 29.9 Å². The lowest BCUT2D eigenvalue weighted by molar-refractivity contribution is -0.137. The lowest BCUT2D eigenvalue weighted by atomic mass is 10.1. The summed E-state index contributed by atoms with van der Waals surface area (Å²) in [6.45, 7) is 1.79. The minimum Gasteiger partial charge on any atom is -0.355 e. The minimum absolute atomic E-state index is 0.0455. The SMILES string of the molecule is CNC(=O)c1ccsc1Nc1nc(Nc2ccc(CCN3CCS(=O)(=O)CC3)cc2)ncc1C(F)(F)F. The third-order valence-corrected chi connectivity index (χ3v) is 8.27. The second kappa shape index (κ2) is 11.0. The summed E-state index contributed by atoms with van der Waals surface area (Å²) in [6.07, 6.45) is -3.27. The molecular formula is C23H25F3N6O3S2. The fraction of sp³-hybridized carbons (Fsp3) is 0.348. The minimum atomic E-state index is -4.70. The second-order valence-electron chi connectivity index (χ2n) is 8.39. The van der Waals surface area contributed by atoms with E-state index >= 15 is 0 Å². The van der Waals surface area contributed by atoms with Crippen LogP contribution in [0.15, 0.2) is 41.9 Å². The van der Waals surface area contributed by atoms with Crippen LogP contribution in [0.25, 0.3) is 0 Å². The molecular weight excluding hydrogens is 529 g/mol. The Morgan fingerprint density at radius 1 is 1.11 bits per heavy atom. The van der Waals surface area contributed by atoms with Crippen molar-refractivity contribution in [3.63, 3.8) is 0 Å². The average Bonchev–Trinajstić information content (AvgIpc) is 3.31. The van der Waals surface area contributed by atoms with E-state index in [9.17, 15) is 26.4 Å². The summed E-state index contributed by atoms with van der Waals surface area (Å²) in [6, 6.07) is 8.81. The van der Waals surface area contributed by atoms with E-state index in [1.54, 1.807) is 17.5 Å². The van der Waals surface area contributed by atoms with Gasteiger partial charge in [-0.3, -0.25) is 4.79 Å². The molecule has 2 aromatic heterocycles. The van der Waals surface area contributed by atoms with Crippen molar-refractivity contribution in [2.75, 3.05) is 48.8 Å². The number of sulfone groups is 1. The Morgan fingerprint density at radius 3 is 2.46 bits per heavy atom. The van der Waals surface area contributed by atoms with Gasteiger partial charge >= 0.3 is 6.18 Å². The van der Waals surface area contributed by atoms with Gasteiger partial charge in [-0.25, -0.2) is 13.4 Å². The molecule has 1 aromatic carbocycles. The Labute approximate surface area is 216 Å². The van der Waals surface area contributed by atoms with Crippen LogP contribution in [0.2, 0.25) is 0 Å². The van der Waals surface area contributed by atoms with Crippen LogP contribution >= 0.6 is 11.3 Å². The van der Waals surface area contributed by atoms with Crippen LogP contribution in [0.4, 0.5) is 35.6 Å². The predicted octanol–water partition coefficient (Wildman–Crippen LogP) is 3.68. The highest BCUT2D eigenvalue weighted by molar-refractivity contribution is 7.91. The summed E-state index contributed by atoms with van der Waals surface area (Å²) >= 11 is 1.08. The van der Waals surface area contributed by atoms with E-state index in [-0.39, 0.29) is 28.0 Å². The van der Waals surface area contributed by atoms with Crippen LogP contribution in [0.1, 0.15) is 21.5 Å². The molecule has 0 aliphatic carbocycles. The molecule has 37 heavy (non-hydrogen) atoms. The first kappa shape index (κ1) is 26.8. The summed E-state index contributed by atoms with van der Waals surface area (Å²) in [7, 11) is -1.48. The lowest BCUT2D eigenvalue weighted by Crippen LogP contribution is -2.41. The van der Waals surface area contributed by atoms with Gasteiger partial charge in [0.2, 0.25) is 5.95 Å². The Hall–Kier alpha value is -3.23. The fourth-order valence-corrected chi connectivity index (χ4v) is 5.78. The molecule has 3 aromatic rings. The van der Waals surface area contributed by atoms with Gasteiger partial charge in [-0.05, 0) is 35.6 Å². The van der Waals surface area contributed by atoms with E-state index in [0.29, 0.717) is 25.0 Å². The molecule has 1 aliphatic heterocycles. The summed E-state index contributed by atoms with van der Waals surface area (Å²) in [5, 5.41) is 9.82. The molecule has 0 saturated carbocycles. The number of carbonyl (C=O) groups excluding carboxylic acids is 1. The largest absolute Gasteiger partial charge is 0.421 e. The van der Waals surface area contributed by atoms with Crippen LogP contribution in [0, 0.1) is 0 Å². The van der Waals surface area contributed by atoms with Gasteiger partial charge in [0.1, 0.15) is 16.4 Å². The molecule has 4 rings (SSSR count). The molecule has 1 saturated heterocycles. The number of anilines is 4. The number of alkyl halides is 3. The maximum absolute atomic E-state index is 13.6. The topological polar surface area (TPSA) is 116 Å². The van der Waals surface area contributed by atoms with Crippen LogP contribution in [-0.4, -0.2) is 67.4 Å². The molecule has 3 heterocycles. The Morgan fingerprint density at radius 2 is 1.81 bits per heavy atom. The predicted molar refractivity (Wildman–Crippen MR) is 137 cm³/mol. The molecule has 0 spiro atoms.